The lowest BCUT2D eigenvalue weighted by Gasteiger charge is -2.08. The van der Waals surface area contributed by atoms with Crippen molar-refractivity contribution in [3.63, 3.8) is 0 Å². The molecular weight excluding hydrogens is 334 g/mol. The highest BCUT2D eigenvalue weighted by molar-refractivity contribution is 7.13. The number of methoxy groups -OCH3 is 1. The molecule has 6 heteroatoms. The fourth-order valence-electron chi connectivity index (χ4n) is 2.48. The van der Waals surface area contributed by atoms with Crippen molar-refractivity contribution in [2.45, 2.75) is 13.3 Å². The van der Waals surface area contributed by atoms with Crippen LogP contribution in [0.4, 0.5) is 0 Å². The number of hydrogen-bond acceptors (Lipinski definition) is 4. The van der Waals surface area contributed by atoms with E-state index < -0.39 is 0 Å². The summed E-state index contributed by atoms with van der Waals surface area (Å²) in [7, 11) is 1.65. The molecule has 0 spiro atoms. The Labute approximate surface area is 151 Å². The van der Waals surface area contributed by atoms with Crippen LogP contribution < -0.4 is 5.32 Å². The highest BCUT2D eigenvalue weighted by Gasteiger charge is 2.17. The second-order valence-corrected chi connectivity index (χ2v) is 6.69. The Bertz CT molecular complexity index is 823. The normalized spacial score (nSPS) is 10.8. The van der Waals surface area contributed by atoms with Gasteiger partial charge in [0, 0.05) is 20.3 Å². The molecule has 1 aromatic carbocycles. The predicted octanol–water partition coefficient (Wildman–Crippen LogP) is 3.68. The fourth-order valence-corrected chi connectivity index (χ4v) is 3.16. The Morgan fingerprint density at radius 3 is 2.76 bits per heavy atom. The van der Waals surface area contributed by atoms with Crippen LogP contribution in [0.2, 0.25) is 0 Å². The van der Waals surface area contributed by atoms with Crippen molar-refractivity contribution in [2.24, 2.45) is 0 Å². The van der Waals surface area contributed by atoms with Crippen LogP contribution in [0.1, 0.15) is 22.5 Å². The molecule has 0 bridgehead atoms. The zero-order chi connectivity index (χ0) is 17.6. The van der Waals surface area contributed by atoms with E-state index in [-0.39, 0.29) is 5.91 Å². The molecule has 130 valence electrons. The first kappa shape index (κ1) is 17.4. The summed E-state index contributed by atoms with van der Waals surface area (Å²) < 4.78 is 6.73. The largest absolute Gasteiger partial charge is 0.385 e. The lowest BCUT2D eigenvalue weighted by Crippen LogP contribution is -2.27. The van der Waals surface area contributed by atoms with Gasteiger partial charge in [-0.2, -0.15) is 5.10 Å². The van der Waals surface area contributed by atoms with E-state index in [1.807, 2.05) is 54.8 Å². The van der Waals surface area contributed by atoms with E-state index in [9.17, 15) is 4.79 Å². The van der Waals surface area contributed by atoms with E-state index in [1.165, 1.54) is 5.56 Å². The van der Waals surface area contributed by atoms with Crippen molar-refractivity contribution in [1.29, 1.82) is 0 Å². The molecule has 2 heterocycles. The van der Waals surface area contributed by atoms with Gasteiger partial charge in [-0.25, -0.2) is 4.68 Å². The topological polar surface area (TPSA) is 56.1 Å². The maximum atomic E-state index is 12.6. The summed E-state index contributed by atoms with van der Waals surface area (Å²) >= 11 is 1.61. The minimum Gasteiger partial charge on any atom is -0.385 e. The van der Waals surface area contributed by atoms with Crippen LogP contribution in [0.25, 0.3) is 16.3 Å². The number of aromatic nitrogens is 2. The number of carbonyl (C=O) groups excluding carboxylic acids is 1. The van der Waals surface area contributed by atoms with E-state index in [4.69, 9.17) is 4.74 Å². The average molecular weight is 355 g/mol. The smallest absolute Gasteiger partial charge is 0.270 e. The zero-order valence-corrected chi connectivity index (χ0v) is 15.2. The number of hydrogen-bond donors (Lipinski definition) is 1. The third kappa shape index (κ3) is 4.15. The summed E-state index contributed by atoms with van der Waals surface area (Å²) in [5.74, 6) is -0.132. The van der Waals surface area contributed by atoms with Crippen LogP contribution in [0.15, 0.2) is 47.8 Å². The maximum Gasteiger partial charge on any atom is 0.270 e. The van der Waals surface area contributed by atoms with E-state index in [2.05, 4.69) is 10.4 Å². The first-order chi connectivity index (χ1) is 12.2. The molecule has 25 heavy (non-hydrogen) atoms. The third-order valence-corrected chi connectivity index (χ3v) is 4.70. The second kappa shape index (κ2) is 8.09. The van der Waals surface area contributed by atoms with Crippen molar-refractivity contribution in [3.8, 4) is 16.3 Å². The molecule has 0 aliphatic heterocycles. The molecule has 0 unspecified atom stereocenters. The van der Waals surface area contributed by atoms with Gasteiger partial charge in [0.05, 0.1) is 10.6 Å². The predicted molar refractivity (Wildman–Crippen MR) is 100 cm³/mol. The van der Waals surface area contributed by atoms with Crippen LogP contribution in [-0.2, 0) is 4.74 Å². The lowest BCUT2D eigenvalue weighted by molar-refractivity contribution is 0.0941. The van der Waals surface area contributed by atoms with Crippen molar-refractivity contribution < 1.29 is 9.53 Å². The first-order valence-electron chi connectivity index (χ1n) is 8.17. The van der Waals surface area contributed by atoms with Crippen LogP contribution in [0, 0.1) is 6.92 Å². The number of rotatable bonds is 7. The molecule has 5 nitrogen and oxygen atoms in total. The van der Waals surface area contributed by atoms with Crippen LogP contribution in [0.5, 0.6) is 0 Å². The maximum absolute atomic E-state index is 12.6. The van der Waals surface area contributed by atoms with Crippen LogP contribution >= 0.6 is 11.3 Å². The van der Waals surface area contributed by atoms with E-state index in [1.54, 1.807) is 23.1 Å². The van der Waals surface area contributed by atoms with Gasteiger partial charge in [0.15, 0.2) is 0 Å². The average Bonchev–Trinajstić information content (AvgIpc) is 3.28. The minimum atomic E-state index is -0.132. The summed E-state index contributed by atoms with van der Waals surface area (Å²) in [6, 6.07) is 13.8. The van der Waals surface area contributed by atoms with Gasteiger partial charge in [-0.1, -0.05) is 23.8 Å². The minimum absolute atomic E-state index is 0.132. The van der Waals surface area contributed by atoms with E-state index in [0.29, 0.717) is 18.8 Å². The Morgan fingerprint density at radius 2 is 2.08 bits per heavy atom. The first-order valence-corrected chi connectivity index (χ1v) is 9.05. The summed E-state index contributed by atoms with van der Waals surface area (Å²) in [6.07, 6.45) is 0.776. The quantitative estimate of drug-likeness (QED) is 0.658. The summed E-state index contributed by atoms with van der Waals surface area (Å²) in [5.41, 5.74) is 3.37. The zero-order valence-electron chi connectivity index (χ0n) is 14.4. The number of thiophene rings is 1. The van der Waals surface area contributed by atoms with Crippen molar-refractivity contribution in [2.75, 3.05) is 20.3 Å². The highest BCUT2D eigenvalue weighted by Crippen LogP contribution is 2.25. The molecule has 1 amide bonds. The Balaban J connectivity index is 1.91. The van der Waals surface area contributed by atoms with Crippen molar-refractivity contribution in [3.05, 3.63) is 59.1 Å². The SMILES string of the molecule is COCCCNC(=O)c1cc(-c2cccs2)nn1-c1ccc(C)cc1. The molecule has 1 N–H and O–H groups in total. The van der Waals surface area contributed by atoms with Gasteiger partial charge in [-0.05, 0) is 43.0 Å². The van der Waals surface area contributed by atoms with Gasteiger partial charge < -0.3 is 10.1 Å². The van der Waals surface area contributed by atoms with Crippen LogP contribution in [-0.4, -0.2) is 35.9 Å². The molecule has 0 saturated carbocycles. The number of aryl methyl sites for hydroxylation is 1. The monoisotopic (exact) mass is 355 g/mol. The van der Waals surface area contributed by atoms with Gasteiger partial charge in [-0.15, -0.1) is 11.3 Å². The molecule has 0 radical (unpaired) electrons. The Hall–Kier alpha value is -2.44. The molecule has 3 rings (SSSR count). The van der Waals surface area contributed by atoms with Crippen LogP contribution in [0.3, 0.4) is 0 Å². The Kier molecular flexibility index (Phi) is 5.63. The van der Waals surface area contributed by atoms with Gasteiger partial charge in [-0.3, -0.25) is 4.79 Å². The molecule has 0 aliphatic rings. The van der Waals surface area contributed by atoms with Gasteiger partial charge >= 0.3 is 0 Å². The number of ether oxygens (including phenoxy) is 1. The lowest BCUT2D eigenvalue weighted by atomic mass is 10.2. The summed E-state index contributed by atoms with van der Waals surface area (Å²) in [6.45, 7) is 3.23. The molecule has 0 fully saturated rings. The summed E-state index contributed by atoms with van der Waals surface area (Å²) in [4.78, 5) is 13.7. The molecule has 2 aromatic heterocycles. The van der Waals surface area contributed by atoms with Gasteiger partial charge in [0.25, 0.3) is 5.91 Å². The standard InChI is InChI=1S/C19H21N3O2S/c1-14-6-8-15(9-7-14)22-17(19(23)20-10-4-11-24-2)13-16(21-22)18-5-3-12-25-18/h3,5-9,12-13H,4,10-11H2,1-2H3,(H,20,23). The third-order valence-electron chi connectivity index (χ3n) is 3.80. The van der Waals surface area contributed by atoms with Crippen molar-refractivity contribution >= 4 is 17.2 Å². The Morgan fingerprint density at radius 1 is 1.28 bits per heavy atom. The molecule has 3 aromatic rings. The highest BCUT2D eigenvalue weighted by atomic mass is 32.1. The fraction of sp³-hybridized carbons (Fsp3) is 0.263. The van der Waals surface area contributed by atoms with E-state index in [0.717, 1.165) is 22.7 Å². The van der Waals surface area contributed by atoms with Crippen molar-refractivity contribution in [1.82, 2.24) is 15.1 Å². The van der Waals surface area contributed by atoms with Gasteiger partial charge in [0.2, 0.25) is 0 Å². The molecule has 0 aliphatic carbocycles. The number of amides is 1. The molecular formula is C19H21N3O2S. The van der Waals surface area contributed by atoms with E-state index >= 15 is 0 Å². The molecule has 0 atom stereocenters. The number of benzene rings is 1. The molecule has 0 saturated heterocycles. The van der Waals surface area contributed by atoms with Gasteiger partial charge in [0.1, 0.15) is 11.4 Å². The summed E-state index contributed by atoms with van der Waals surface area (Å²) in [5, 5.41) is 9.60. The number of carbonyl (C=O) groups is 1. The number of nitrogens with zero attached hydrogens (tertiary/aromatic N) is 2. The second-order valence-electron chi connectivity index (χ2n) is 5.74. The number of nitrogens with one attached hydrogen (secondary N) is 1.